The minimum absolute atomic E-state index is 0.282. The third-order valence-electron chi connectivity index (χ3n) is 7.21. The average Bonchev–Trinajstić information content (AvgIpc) is 3.09. The van der Waals surface area contributed by atoms with Crippen molar-refractivity contribution in [2.45, 2.75) is 24.7 Å². The summed E-state index contributed by atoms with van der Waals surface area (Å²) < 4.78 is 167. The van der Waals surface area contributed by atoms with Crippen LogP contribution >= 0.6 is 0 Å². The molecule has 0 saturated carbocycles. The van der Waals surface area contributed by atoms with Crippen LogP contribution in [0.2, 0.25) is 0 Å². The Labute approximate surface area is 291 Å². The summed E-state index contributed by atoms with van der Waals surface area (Å²) >= 11 is 0. The Bertz CT molecular complexity index is 2710. The maximum Gasteiger partial charge on any atom is 0.418 e. The van der Waals surface area contributed by atoms with Gasteiger partial charge in [0.05, 0.1) is 90.6 Å². The lowest BCUT2D eigenvalue weighted by Crippen LogP contribution is -2.28. The van der Waals surface area contributed by atoms with Crippen LogP contribution in [0, 0.1) is 102 Å². The van der Waals surface area contributed by atoms with Crippen molar-refractivity contribution in [3.63, 3.8) is 0 Å². The molecule has 3 aromatic rings. The molecule has 0 bridgehead atoms. The topological polar surface area (TPSA) is 214 Å². The van der Waals surface area contributed by atoms with Gasteiger partial charge in [0.2, 0.25) is 0 Å². The van der Waals surface area contributed by atoms with E-state index in [0.717, 1.165) is 30.3 Å². The number of halogens is 12. The highest BCUT2D eigenvalue weighted by Gasteiger charge is 2.48. The lowest BCUT2D eigenvalue weighted by atomic mass is 9.84. The molecule has 0 heterocycles. The van der Waals surface area contributed by atoms with Gasteiger partial charge in [-0.25, -0.2) is 0 Å². The fraction of sp³-hybridized carbons (Fsp3) is 0.121. The van der Waals surface area contributed by atoms with E-state index in [1.54, 1.807) is 0 Å². The van der Waals surface area contributed by atoms with Crippen LogP contribution < -0.4 is 10.4 Å². The predicted octanol–water partition coefficient (Wildman–Crippen LogP) is 6.31. The van der Waals surface area contributed by atoms with Gasteiger partial charge < -0.3 is 0 Å². The van der Waals surface area contributed by atoms with Crippen LogP contribution in [0.15, 0.2) is 18.2 Å². The Hall–Kier alpha value is -8.03. The lowest BCUT2D eigenvalue weighted by Gasteiger charge is -2.20. The number of hydrogen-bond acceptors (Lipinski definition) is 9. The molecule has 0 aliphatic carbocycles. The summed E-state index contributed by atoms with van der Waals surface area (Å²) in [5, 5.41) is 86.5. The van der Waals surface area contributed by atoms with Gasteiger partial charge in [0.15, 0.2) is 0 Å². The Kier molecular flexibility index (Phi) is 10.4. The van der Waals surface area contributed by atoms with Gasteiger partial charge in [-0.15, -0.1) is 0 Å². The molecule has 21 heteroatoms. The van der Waals surface area contributed by atoms with Crippen LogP contribution in [-0.4, -0.2) is 0 Å². The first kappa shape index (κ1) is 40.4. The minimum atomic E-state index is -6.03. The van der Waals surface area contributed by atoms with Crippen molar-refractivity contribution in [3.8, 4) is 54.6 Å². The summed E-state index contributed by atoms with van der Waals surface area (Å²) in [7, 11) is 0. The Morgan fingerprint density at radius 1 is 0.389 bits per heavy atom. The number of alkyl halides is 12. The fourth-order valence-corrected chi connectivity index (χ4v) is 5.26. The third-order valence-corrected chi connectivity index (χ3v) is 7.21. The van der Waals surface area contributed by atoms with Crippen molar-refractivity contribution in [1.82, 2.24) is 0 Å². The molecule has 0 fully saturated rings. The summed E-state index contributed by atoms with van der Waals surface area (Å²) in [5.74, 6) is 0. The van der Waals surface area contributed by atoms with Crippen molar-refractivity contribution < 1.29 is 52.7 Å². The monoisotopic (exact) mass is 753 g/mol. The second kappa shape index (κ2) is 13.9. The van der Waals surface area contributed by atoms with Crippen LogP contribution in [0.1, 0.15) is 72.3 Å². The Balaban J connectivity index is 2.95. The highest BCUT2D eigenvalue weighted by molar-refractivity contribution is 5.89. The van der Waals surface area contributed by atoms with Crippen LogP contribution in [0.3, 0.4) is 0 Å². The highest BCUT2D eigenvalue weighted by atomic mass is 19.4. The van der Waals surface area contributed by atoms with E-state index in [0.29, 0.717) is 0 Å². The summed E-state index contributed by atoms with van der Waals surface area (Å²) in [5.41, 5.74) is -27.2. The molecule has 264 valence electrons. The molecule has 0 radical (unpaired) electrons. The van der Waals surface area contributed by atoms with Gasteiger partial charge in [0, 0.05) is 21.6 Å². The quantitative estimate of drug-likeness (QED) is 0.268. The second-order valence-corrected chi connectivity index (χ2v) is 10.0. The molecule has 0 aliphatic heterocycles. The molecule has 0 N–H and O–H groups in total. The first-order chi connectivity index (χ1) is 25.0. The SMILES string of the molecule is N#C/C(c1c(C#N)cc(C(F)(F)F)c(C(F)(F)F)c1C#N)=c1/cc(C#N)/c(=C(\C#N)c2c(C#N)cc(C(F)(F)F)c(C(F)(F)F)c2C#N)c(C#N)c1C#N. The van der Waals surface area contributed by atoms with Gasteiger partial charge in [0.1, 0.15) is 36.4 Å². The first-order valence-electron chi connectivity index (χ1n) is 13.3. The van der Waals surface area contributed by atoms with Crippen LogP contribution in [0.25, 0.3) is 11.1 Å². The molecule has 3 aromatic carbocycles. The van der Waals surface area contributed by atoms with E-state index in [4.69, 9.17) is 0 Å². The van der Waals surface area contributed by atoms with Crippen molar-refractivity contribution in [3.05, 3.63) is 101 Å². The van der Waals surface area contributed by atoms with Gasteiger partial charge in [-0.2, -0.15) is 100 Å². The molecule has 0 aliphatic rings. The van der Waals surface area contributed by atoms with E-state index in [1.807, 2.05) is 0 Å². The standard InChI is InChI=1S/C33H3F12N9/c34-30(35,36)23-2-14(5-47)26(21(11-53)28(23)32(40,41)42)18(8-50)16-1-13(4-46)25(19(9-51)17(16)7-49)20(10-52)27-15(6-48)3-24(31(37,38)39)29(22(27)12-54)33(43,44)45/h1-3H/b18-16+,25-20-. The zero-order valence-corrected chi connectivity index (χ0v) is 25.3. The van der Waals surface area contributed by atoms with Gasteiger partial charge in [-0.05, 0) is 18.2 Å². The maximum absolute atomic E-state index is 14.1. The molecule has 3 rings (SSSR count). The summed E-state index contributed by atoms with van der Waals surface area (Å²) in [6, 6.07) is 9.36. The Morgan fingerprint density at radius 3 is 1.02 bits per heavy atom. The van der Waals surface area contributed by atoms with E-state index in [1.165, 1.54) is 24.3 Å². The lowest BCUT2D eigenvalue weighted by molar-refractivity contribution is -0.162. The number of hydrogen-bond donors (Lipinski definition) is 0. The Morgan fingerprint density at radius 2 is 0.741 bits per heavy atom. The number of nitriles is 9. The van der Waals surface area contributed by atoms with E-state index in [-0.39, 0.29) is 12.1 Å². The van der Waals surface area contributed by atoms with Gasteiger partial charge >= 0.3 is 24.7 Å². The van der Waals surface area contributed by atoms with Crippen LogP contribution in [0.5, 0.6) is 0 Å². The molecule has 0 saturated heterocycles. The largest absolute Gasteiger partial charge is 0.418 e. The molecular formula is C33H3F12N9. The van der Waals surface area contributed by atoms with E-state index in [2.05, 4.69) is 0 Å². The van der Waals surface area contributed by atoms with Gasteiger partial charge in [-0.1, -0.05) is 0 Å². The molecule has 0 aromatic heterocycles. The number of nitrogens with zero attached hydrogens (tertiary/aromatic N) is 9. The van der Waals surface area contributed by atoms with E-state index in [9.17, 15) is 100 Å². The number of rotatable bonds is 2. The van der Waals surface area contributed by atoms with Crippen LogP contribution in [-0.2, 0) is 24.7 Å². The molecule has 0 atom stereocenters. The van der Waals surface area contributed by atoms with Crippen molar-refractivity contribution in [2.24, 2.45) is 0 Å². The normalized spacial score (nSPS) is 12.5. The van der Waals surface area contributed by atoms with Crippen molar-refractivity contribution in [2.75, 3.05) is 0 Å². The summed E-state index contributed by atoms with van der Waals surface area (Å²) in [6.45, 7) is 0. The maximum atomic E-state index is 14.1. The average molecular weight is 753 g/mol. The summed E-state index contributed by atoms with van der Waals surface area (Å²) in [6.07, 6.45) is -23.8. The molecule has 0 spiro atoms. The summed E-state index contributed by atoms with van der Waals surface area (Å²) in [4.78, 5) is 0. The smallest absolute Gasteiger partial charge is 0.192 e. The second-order valence-electron chi connectivity index (χ2n) is 10.0. The molecule has 0 amide bonds. The first-order valence-corrected chi connectivity index (χ1v) is 13.3. The van der Waals surface area contributed by atoms with Crippen molar-refractivity contribution >= 4 is 11.1 Å². The van der Waals surface area contributed by atoms with Gasteiger partial charge in [0.25, 0.3) is 0 Å². The van der Waals surface area contributed by atoms with Crippen LogP contribution in [0.4, 0.5) is 52.7 Å². The number of benzene rings is 3. The zero-order valence-electron chi connectivity index (χ0n) is 25.3. The zero-order chi connectivity index (χ0) is 41.3. The van der Waals surface area contributed by atoms with Crippen molar-refractivity contribution in [1.29, 1.82) is 47.4 Å². The molecule has 9 nitrogen and oxygen atoms in total. The molecule has 0 unspecified atom stereocenters. The van der Waals surface area contributed by atoms with Gasteiger partial charge in [-0.3, -0.25) is 0 Å². The molecular weight excluding hydrogens is 750 g/mol. The third kappa shape index (κ3) is 6.71. The fourth-order valence-electron chi connectivity index (χ4n) is 5.26. The predicted molar refractivity (Wildman–Crippen MR) is 148 cm³/mol. The van der Waals surface area contributed by atoms with E-state index >= 15 is 0 Å². The minimum Gasteiger partial charge on any atom is -0.192 e. The van der Waals surface area contributed by atoms with E-state index < -0.39 is 125 Å². The molecule has 54 heavy (non-hydrogen) atoms. The highest BCUT2D eigenvalue weighted by Crippen LogP contribution is 2.46.